The summed E-state index contributed by atoms with van der Waals surface area (Å²) in [6.07, 6.45) is 3.40. The second-order valence-corrected chi connectivity index (χ2v) is 8.28. The molecule has 3 aromatic heterocycles. The molecule has 0 radical (unpaired) electrons. The number of carbonyl (C=O) groups excluding carboxylic acids is 1. The second-order valence-electron chi connectivity index (χ2n) is 7.87. The SMILES string of the molecule is Cc1ccn(-c2nc(N)c(C(=O)NCc3ccc(F)cc3)nc2-c2cc(Cl)c3ncccc3c2)n1. The molecule has 0 saturated carbocycles. The number of benzene rings is 2. The van der Waals surface area contributed by atoms with Crippen LogP contribution in [0.1, 0.15) is 21.7 Å². The number of hydrogen-bond donors (Lipinski definition) is 2. The lowest BCUT2D eigenvalue weighted by atomic mass is 10.1. The van der Waals surface area contributed by atoms with Crippen LogP contribution in [0, 0.1) is 12.7 Å². The minimum absolute atomic E-state index is 0.0443. The van der Waals surface area contributed by atoms with E-state index in [4.69, 9.17) is 17.3 Å². The third-order valence-corrected chi connectivity index (χ3v) is 5.65. The molecule has 5 aromatic rings. The number of nitrogens with zero attached hydrogens (tertiary/aromatic N) is 5. The number of aromatic nitrogens is 5. The van der Waals surface area contributed by atoms with Gasteiger partial charge >= 0.3 is 0 Å². The van der Waals surface area contributed by atoms with E-state index in [2.05, 4.69) is 25.4 Å². The highest BCUT2D eigenvalue weighted by molar-refractivity contribution is 6.35. The number of carbonyl (C=O) groups is 1. The standard InChI is InChI=1S/C25H19ClFN7O/c1-14-8-10-34(33-14)24-21(17-11-16-3-2-9-29-20(16)19(26)12-17)31-22(23(28)32-24)25(35)30-13-15-4-6-18(27)7-5-15/h2-12H,13H2,1H3,(H2,28,32)(H,30,35). The molecule has 0 unspecified atom stereocenters. The smallest absolute Gasteiger partial charge is 0.274 e. The predicted molar refractivity (Wildman–Crippen MR) is 132 cm³/mol. The van der Waals surface area contributed by atoms with Crippen molar-refractivity contribution in [1.29, 1.82) is 0 Å². The summed E-state index contributed by atoms with van der Waals surface area (Å²) in [6.45, 7) is 2.02. The molecule has 2 aromatic carbocycles. The van der Waals surface area contributed by atoms with Gasteiger partial charge in [0.2, 0.25) is 0 Å². The molecule has 174 valence electrons. The fourth-order valence-corrected chi connectivity index (χ4v) is 3.92. The number of aryl methyl sites for hydroxylation is 1. The van der Waals surface area contributed by atoms with Crippen molar-refractivity contribution in [2.24, 2.45) is 0 Å². The van der Waals surface area contributed by atoms with E-state index in [1.807, 2.05) is 31.2 Å². The molecule has 0 aliphatic rings. The molecular formula is C25H19ClFN7O. The van der Waals surface area contributed by atoms with Gasteiger partial charge in [0.1, 0.15) is 11.5 Å². The molecular weight excluding hydrogens is 469 g/mol. The summed E-state index contributed by atoms with van der Waals surface area (Å²) >= 11 is 6.51. The molecule has 8 nitrogen and oxygen atoms in total. The Labute approximate surface area is 204 Å². The summed E-state index contributed by atoms with van der Waals surface area (Å²) in [5.74, 6) is -0.571. The van der Waals surface area contributed by atoms with Crippen LogP contribution in [-0.4, -0.2) is 30.6 Å². The maximum absolute atomic E-state index is 13.2. The Hall–Kier alpha value is -4.37. The fraction of sp³-hybridized carbons (Fsp3) is 0.0800. The molecule has 1 amide bonds. The van der Waals surface area contributed by atoms with Gasteiger partial charge in [-0.3, -0.25) is 9.78 Å². The van der Waals surface area contributed by atoms with Gasteiger partial charge in [0.25, 0.3) is 5.91 Å². The van der Waals surface area contributed by atoms with Crippen LogP contribution in [0.4, 0.5) is 10.2 Å². The van der Waals surface area contributed by atoms with Crippen molar-refractivity contribution in [2.75, 3.05) is 5.73 Å². The lowest BCUT2D eigenvalue weighted by molar-refractivity contribution is 0.0946. The first-order valence-corrected chi connectivity index (χ1v) is 11.0. The number of fused-ring (bicyclic) bond motifs is 1. The molecule has 10 heteroatoms. The van der Waals surface area contributed by atoms with Gasteiger partial charge in [-0.1, -0.05) is 29.8 Å². The Morgan fingerprint density at radius 2 is 1.94 bits per heavy atom. The van der Waals surface area contributed by atoms with Gasteiger partial charge in [-0.05, 0) is 48.9 Å². The van der Waals surface area contributed by atoms with E-state index in [0.717, 1.165) is 16.6 Å². The van der Waals surface area contributed by atoms with Crippen LogP contribution in [0.25, 0.3) is 28.0 Å². The van der Waals surface area contributed by atoms with Gasteiger partial charge in [0.15, 0.2) is 17.3 Å². The number of nitrogens with two attached hydrogens (primary N) is 1. The molecule has 0 saturated heterocycles. The van der Waals surface area contributed by atoms with E-state index < -0.39 is 5.91 Å². The van der Waals surface area contributed by atoms with Crippen LogP contribution in [0.3, 0.4) is 0 Å². The van der Waals surface area contributed by atoms with Crippen LogP contribution >= 0.6 is 11.6 Å². The minimum atomic E-state index is -0.516. The van der Waals surface area contributed by atoms with E-state index >= 15 is 0 Å². The van der Waals surface area contributed by atoms with E-state index in [1.165, 1.54) is 12.1 Å². The molecule has 3 heterocycles. The van der Waals surface area contributed by atoms with Crippen LogP contribution in [0.5, 0.6) is 0 Å². The van der Waals surface area contributed by atoms with E-state index in [9.17, 15) is 9.18 Å². The van der Waals surface area contributed by atoms with Crippen LogP contribution < -0.4 is 11.1 Å². The fourth-order valence-electron chi connectivity index (χ4n) is 3.65. The van der Waals surface area contributed by atoms with Crippen LogP contribution in [-0.2, 0) is 6.54 Å². The number of hydrogen-bond acceptors (Lipinski definition) is 6. The van der Waals surface area contributed by atoms with E-state index in [0.29, 0.717) is 27.6 Å². The van der Waals surface area contributed by atoms with Crippen LogP contribution in [0.2, 0.25) is 5.02 Å². The van der Waals surface area contributed by atoms with Gasteiger partial charge in [0.05, 0.1) is 16.2 Å². The number of rotatable bonds is 5. The molecule has 35 heavy (non-hydrogen) atoms. The normalized spacial score (nSPS) is 11.1. The molecule has 0 atom stereocenters. The summed E-state index contributed by atoms with van der Waals surface area (Å²) in [5.41, 5.74) is 9.27. The number of amides is 1. The summed E-state index contributed by atoms with van der Waals surface area (Å²) in [5, 5.41) is 8.43. The highest BCUT2D eigenvalue weighted by Gasteiger charge is 2.21. The number of anilines is 1. The van der Waals surface area contributed by atoms with Crippen molar-refractivity contribution >= 4 is 34.2 Å². The molecule has 0 fully saturated rings. The average Bonchev–Trinajstić information content (AvgIpc) is 3.29. The molecule has 0 bridgehead atoms. The lowest BCUT2D eigenvalue weighted by Crippen LogP contribution is -2.26. The third-order valence-electron chi connectivity index (χ3n) is 5.36. The van der Waals surface area contributed by atoms with Crippen molar-refractivity contribution in [3.05, 3.63) is 94.8 Å². The largest absolute Gasteiger partial charge is 0.382 e. The van der Waals surface area contributed by atoms with Gasteiger partial charge < -0.3 is 11.1 Å². The van der Waals surface area contributed by atoms with E-state index in [-0.39, 0.29) is 23.9 Å². The maximum Gasteiger partial charge on any atom is 0.274 e. The predicted octanol–water partition coefficient (Wildman–Crippen LogP) is 4.49. The van der Waals surface area contributed by atoms with Crippen molar-refractivity contribution in [3.63, 3.8) is 0 Å². The average molecular weight is 488 g/mol. The van der Waals surface area contributed by atoms with Gasteiger partial charge in [-0.15, -0.1) is 0 Å². The zero-order valence-electron chi connectivity index (χ0n) is 18.5. The Kier molecular flexibility index (Phi) is 5.84. The Morgan fingerprint density at radius 1 is 1.14 bits per heavy atom. The number of nitrogen functional groups attached to an aromatic ring is 1. The molecule has 0 aliphatic heterocycles. The highest BCUT2D eigenvalue weighted by Crippen LogP contribution is 2.32. The lowest BCUT2D eigenvalue weighted by Gasteiger charge is -2.14. The first-order chi connectivity index (χ1) is 16.9. The molecule has 0 spiro atoms. The third kappa shape index (κ3) is 4.53. The first kappa shape index (κ1) is 22.4. The molecule has 0 aliphatic carbocycles. The number of nitrogens with one attached hydrogen (secondary N) is 1. The van der Waals surface area contributed by atoms with Crippen molar-refractivity contribution < 1.29 is 9.18 Å². The summed E-state index contributed by atoms with van der Waals surface area (Å²) in [7, 11) is 0. The Morgan fingerprint density at radius 3 is 2.69 bits per heavy atom. The zero-order valence-corrected chi connectivity index (χ0v) is 19.3. The molecule has 3 N–H and O–H groups in total. The minimum Gasteiger partial charge on any atom is -0.382 e. The zero-order chi connectivity index (χ0) is 24.5. The van der Waals surface area contributed by atoms with E-state index in [1.54, 1.807) is 35.3 Å². The summed E-state index contributed by atoms with van der Waals surface area (Å²) in [4.78, 5) is 26.4. The summed E-state index contributed by atoms with van der Waals surface area (Å²) in [6, 6.07) is 14.9. The van der Waals surface area contributed by atoms with Crippen molar-refractivity contribution in [1.82, 2.24) is 30.0 Å². The highest BCUT2D eigenvalue weighted by atomic mass is 35.5. The Bertz CT molecular complexity index is 1570. The monoisotopic (exact) mass is 487 g/mol. The van der Waals surface area contributed by atoms with Crippen molar-refractivity contribution in [2.45, 2.75) is 13.5 Å². The second kappa shape index (κ2) is 9.11. The van der Waals surface area contributed by atoms with Gasteiger partial charge in [0, 0.05) is 29.9 Å². The van der Waals surface area contributed by atoms with Gasteiger partial charge in [-0.25, -0.2) is 19.0 Å². The topological polar surface area (TPSA) is 112 Å². The van der Waals surface area contributed by atoms with Crippen molar-refractivity contribution in [3.8, 4) is 17.1 Å². The number of pyridine rings is 1. The van der Waals surface area contributed by atoms with Gasteiger partial charge in [-0.2, -0.15) is 5.10 Å². The quantitative estimate of drug-likeness (QED) is 0.378. The summed E-state index contributed by atoms with van der Waals surface area (Å²) < 4.78 is 14.7. The maximum atomic E-state index is 13.2. The van der Waals surface area contributed by atoms with Crippen LogP contribution in [0.15, 0.2) is 67.0 Å². The Balaban J connectivity index is 1.59. The number of halogens is 2. The molecule has 5 rings (SSSR count). The first-order valence-electron chi connectivity index (χ1n) is 10.7.